The molecule has 0 atom stereocenters. The summed E-state index contributed by atoms with van der Waals surface area (Å²) in [7, 11) is 2.15. The molecule has 3 heterocycles. The number of hydrogen-bond acceptors (Lipinski definition) is 6. The maximum absolute atomic E-state index is 6.01. The summed E-state index contributed by atoms with van der Waals surface area (Å²) in [5, 5.41) is 0.305. The van der Waals surface area contributed by atoms with Crippen LogP contribution in [0.25, 0.3) is 22.7 Å². The number of hydrogen-bond donors (Lipinski definition) is 0. The number of aromatic nitrogens is 3. The molecule has 4 rings (SSSR count). The van der Waals surface area contributed by atoms with Gasteiger partial charge in [0.2, 0.25) is 5.89 Å². The Morgan fingerprint density at radius 1 is 1.04 bits per heavy atom. The molecule has 118 valence electrons. The third-order valence-electron chi connectivity index (χ3n) is 4.13. The fourth-order valence-electron chi connectivity index (χ4n) is 2.73. The van der Waals surface area contributed by atoms with Crippen molar-refractivity contribution in [3.8, 4) is 11.5 Å². The highest BCUT2D eigenvalue weighted by atomic mass is 35.5. The first-order valence-electron chi connectivity index (χ1n) is 7.52. The lowest BCUT2D eigenvalue weighted by Gasteiger charge is -2.34. The van der Waals surface area contributed by atoms with Gasteiger partial charge in [-0.2, -0.15) is 4.98 Å². The van der Waals surface area contributed by atoms with Crippen LogP contribution in [0, 0.1) is 0 Å². The van der Waals surface area contributed by atoms with Gasteiger partial charge in [0.15, 0.2) is 10.7 Å². The Morgan fingerprint density at radius 3 is 2.48 bits per heavy atom. The molecule has 2 aromatic heterocycles. The number of likely N-dealkylation sites (N-methyl/N-ethyl adjacent to an activating group) is 1. The lowest BCUT2D eigenvalue weighted by Crippen LogP contribution is -2.44. The van der Waals surface area contributed by atoms with Gasteiger partial charge in [0.25, 0.3) is 5.71 Å². The van der Waals surface area contributed by atoms with Gasteiger partial charge in [0, 0.05) is 37.4 Å². The normalized spacial score (nSPS) is 16.2. The molecule has 6 nitrogen and oxygen atoms in total. The molecular weight excluding hydrogens is 314 g/mol. The molecule has 1 fully saturated rings. The van der Waals surface area contributed by atoms with Crippen LogP contribution in [0.4, 0.5) is 5.69 Å². The Kier molecular flexibility index (Phi) is 3.63. The molecule has 0 aliphatic carbocycles. The van der Waals surface area contributed by atoms with Gasteiger partial charge in [-0.05, 0) is 31.3 Å². The van der Waals surface area contributed by atoms with Crippen LogP contribution in [0.15, 0.2) is 35.0 Å². The van der Waals surface area contributed by atoms with Crippen molar-refractivity contribution in [3.05, 3.63) is 35.7 Å². The fourth-order valence-corrected chi connectivity index (χ4v) is 2.90. The molecule has 0 radical (unpaired) electrons. The van der Waals surface area contributed by atoms with Gasteiger partial charge in [0.05, 0.1) is 0 Å². The highest BCUT2D eigenvalue weighted by Gasteiger charge is 2.16. The summed E-state index contributed by atoms with van der Waals surface area (Å²) in [4.78, 5) is 17.1. The molecule has 1 saturated heterocycles. The third-order valence-corrected chi connectivity index (χ3v) is 4.41. The molecule has 0 N–H and O–H groups in total. The van der Waals surface area contributed by atoms with Crippen molar-refractivity contribution >= 4 is 28.5 Å². The van der Waals surface area contributed by atoms with Crippen LogP contribution in [-0.2, 0) is 0 Å². The first-order valence-corrected chi connectivity index (χ1v) is 7.89. The molecule has 0 unspecified atom stereocenters. The molecule has 3 aromatic rings. The van der Waals surface area contributed by atoms with E-state index in [1.54, 1.807) is 0 Å². The molecule has 1 aromatic carbocycles. The molecule has 0 saturated carbocycles. The van der Waals surface area contributed by atoms with Crippen molar-refractivity contribution in [2.45, 2.75) is 0 Å². The molecule has 7 heteroatoms. The van der Waals surface area contributed by atoms with Gasteiger partial charge < -0.3 is 14.2 Å². The van der Waals surface area contributed by atoms with Crippen molar-refractivity contribution in [1.82, 2.24) is 19.9 Å². The van der Waals surface area contributed by atoms with Gasteiger partial charge in [-0.3, -0.25) is 0 Å². The summed E-state index contributed by atoms with van der Waals surface area (Å²) in [6.07, 6.45) is 1.37. The van der Waals surface area contributed by atoms with Crippen LogP contribution < -0.4 is 4.90 Å². The number of benzene rings is 1. The van der Waals surface area contributed by atoms with Crippen LogP contribution in [0.1, 0.15) is 0 Å². The monoisotopic (exact) mass is 329 g/mol. The van der Waals surface area contributed by atoms with Gasteiger partial charge in [-0.25, -0.2) is 9.97 Å². The Hall–Kier alpha value is -2.18. The number of anilines is 1. The Balaban J connectivity index is 1.61. The standard InChI is InChI=1S/C16H16ClN5O/c1-21-6-8-22(9-7-21)12-4-2-11(3-5-12)15-20-13-14(17)18-10-19-16(13)23-15/h2-5,10H,6-9H2,1H3. The van der Waals surface area contributed by atoms with Crippen molar-refractivity contribution in [3.63, 3.8) is 0 Å². The second kappa shape index (κ2) is 5.79. The first-order chi connectivity index (χ1) is 11.2. The van der Waals surface area contributed by atoms with E-state index in [4.69, 9.17) is 16.0 Å². The smallest absolute Gasteiger partial charge is 0.252 e. The van der Waals surface area contributed by atoms with Crippen molar-refractivity contribution in [2.24, 2.45) is 0 Å². The van der Waals surface area contributed by atoms with Crippen LogP contribution >= 0.6 is 11.6 Å². The minimum Gasteiger partial charge on any atom is -0.417 e. The number of rotatable bonds is 2. The lowest BCUT2D eigenvalue weighted by atomic mass is 10.2. The largest absolute Gasteiger partial charge is 0.417 e. The average Bonchev–Trinajstić information content (AvgIpc) is 3.01. The number of halogens is 1. The van der Waals surface area contributed by atoms with Crippen molar-refractivity contribution in [2.75, 3.05) is 38.1 Å². The Bertz CT molecular complexity index is 824. The average molecular weight is 330 g/mol. The van der Waals surface area contributed by atoms with E-state index < -0.39 is 0 Å². The quantitative estimate of drug-likeness (QED) is 0.674. The molecule has 0 bridgehead atoms. The topological polar surface area (TPSA) is 58.3 Å². The highest BCUT2D eigenvalue weighted by Crippen LogP contribution is 2.27. The minimum atomic E-state index is 0.305. The van der Waals surface area contributed by atoms with E-state index in [1.165, 1.54) is 12.0 Å². The Labute approximate surface area is 138 Å². The minimum absolute atomic E-state index is 0.305. The van der Waals surface area contributed by atoms with Crippen LogP contribution in [0.5, 0.6) is 0 Å². The zero-order chi connectivity index (χ0) is 15.8. The zero-order valence-corrected chi connectivity index (χ0v) is 13.5. The van der Waals surface area contributed by atoms with E-state index in [9.17, 15) is 0 Å². The molecule has 1 aliphatic heterocycles. The summed E-state index contributed by atoms with van der Waals surface area (Å²) in [6, 6.07) is 8.23. The second-order valence-electron chi connectivity index (χ2n) is 5.67. The zero-order valence-electron chi connectivity index (χ0n) is 12.7. The summed E-state index contributed by atoms with van der Waals surface area (Å²) in [5.74, 6) is 0.507. The van der Waals surface area contributed by atoms with Gasteiger partial charge in [-0.15, -0.1) is 0 Å². The number of piperazine rings is 1. The molecule has 0 amide bonds. The molecule has 23 heavy (non-hydrogen) atoms. The highest BCUT2D eigenvalue weighted by molar-refractivity contribution is 6.33. The van der Waals surface area contributed by atoms with Crippen LogP contribution in [-0.4, -0.2) is 53.1 Å². The Morgan fingerprint density at radius 2 is 1.78 bits per heavy atom. The number of oxazole rings is 1. The maximum Gasteiger partial charge on any atom is 0.252 e. The summed E-state index contributed by atoms with van der Waals surface area (Å²) >= 11 is 6.01. The predicted octanol–water partition coefficient (Wildman–Crippen LogP) is 2.69. The second-order valence-corrected chi connectivity index (χ2v) is 6.03. The summed E-state index contributed by atoms with van der Waals surface area (Å²) in [5.41, 5.74) is 3.02. The SMILES string of the molecule is CN1CCN(c2ccc(-c3nc4c(Cl)ncnc4o3)cc2)CC1. The third kappa shape index (κ3) is 2.75. The molecular formula is C16H16ClN5O. The number of fused-ring (bicyclic) bond motifs is 1. The predicted molar refractivity (Wildman–Crippen MR) is 89.8 cm³/mol. The van der Waals surface area contributed by atoms with Gasteiger partial charge >= 0.3 is 0 Å². The fraction of sp³-hybridized carbons (Fsp3) is 0.312. The van der Waals surface area contributed by atoms with E-state index in [-0.39, 0.29) is 0 Å². The first kappa shape index (κ1) is 14.4. The van der Waals surface area contributed by atoms with Crippen molar-refractivity contribution < 1.29 is 4.42 Å². The molecule has 0 spiro atoms. The van der Waals surface area contributed by atoms with Crippen LogP contribution in [0.3, 0.4) is 0 Å². The van der Waals surface area contributed by atoms with Gasteiger partial charge in [-0.1, -0.05) is 11.6 Å². The van der Waals surface area contributed by atoms with E-state index >= 15 is 0 Å². The molecule has 1 aliphatic rings. The van der Waals surface area contributed by atoms with Crippen molar-refractivity contribution in [1.29, 1.82) is 0 Å². The van der Waals surface area contributed by atoms with E-state index in [0.717, 1.165) is 31.7 Å². The van der Waals surface area contributed by atoms with E-state index in [0.29, 0.717) is 22.3 Å². The van der Waals surface area contributed by atoms with E-state index in [1.807, 2.05) is 12.1 Å². The van der Waals surface area contributed by atoms with E-state index in [2.05, 4.69) is 43.9 Å². The maximum atomic E-state index is 6.01. The summed E-state index contributed by atoms with van der Waals surface area (Å²) in [6.45, 7) is 4.27. The van der Waals surface area contributed by atoms with Gasteiger partial charge in [0.1, 0.15) is 6.33 Å². The lowest BCUT2D eigenvalue weighted by molar-refractivity contribution is 0.313. The number of nitrogens with zero attached hydrogens (tertiary/aromatic N) is 5. The van der Waals surface area contributed by atoms with Crippen LogP contribution in [0.2, 0.25) is 5.15 Å². The summed E-state index contributed by atoms with van der Waals surface area (Å²) < 4.78 is 5.67.